The van der Waals surface area contributed by atoms with Crippen LogP contribution in [0.25, 0.3) is 16.5 Å². The van der Waals surface area contributed by atoms with Crippen LogP contribution in [0.4, 0.5) is 27.9 Å². The first-order valence-electron chi connectivity index (χ1n) is 19.6. The average molecular weight is 796 g/mol. The Balaban J connectivity index is 0.946. The zero-order valence-electron chi connectivity index (χ0n) is 34.0. The molecule has 6 aromatic rings. The summed E-state index contributed by atoms with van der Waals surface area (Å²) in [6.07, 6.45) is 4.59. The number of hydrogen-bond acceptors (Lipinski definition) is 10. The molecule has 15 nitrogen and oxygen atoms in total. The molecule has 1 saturated heterocycles. The van der Waals surface area contributed by atoms with Crippen LogP contribution in [0.15, 0.2) is 97.5 Å². The van der Waals surface area contributed by atoms with E-state index >= 15 is 0 Å². The molecule has 4 heterocycles. The summed E-state index contributed by atoms with van der Waals surface area (Å²) in [7, 11) is 0. The van der Waals surface area contributed by atoms with Gasteiger partial charge >= 0.3 is 6.03 Å². The van der Waals surface area contributed by atoms with Gasteiger partial charge in [-0.25, -0.2) is 24.4 Å². The van der Waals surface area contributed by atoms with Crippen molar-refractivity contribution in [2.45, 2.75) is 46.6 Å². The molecule has 0 atom stereocenters. The maximum Gasteiger partial charge on any atom is 0.324 e. The van der Waals surface area contributed by atoms with Crippen molar-refractivity contribution in [2.24, 2.45) is 0 Å². The number of ether oxygens (including phenoxy) is 1. The fraction of sp³-hybridized carbons (Fsp3) is 0.295. The lowest BCUT2D eigenvalue weighted by molar-refractivity contribution is -0.130. The molecule has 0 unspecified atom stereocenters. The van der Waals surface area contributed by atoms with Crippen molar-refractivity contribution < 1.29 is 19.1 Å². The van der Waals surface area contributed by atoms with Crippen molar-refractivity contribution in [3.8, 4) is 11.4 Å². The number of benzene rings is 3. The molecule has 7 rings (SSSR count). The maximum absolute atomic E-state index is 13.5. The summed E-state index contributed by atoms with van der Waals surface area (Å²) in [6, 6.07) is 24.6. The smallest absolute Gasteiger partial charge is 0.324 e. The van der Waals surface area contributed by atoms with Gasteiger partial charge in [-0.3, -0.25) is 19.8 Å². The van der Waals surface area contributed by atoms with E-state index in [0.29, 0.717) is 55.1 Å². The molecule has 0 aliphatic carbocycles. The molecule has 304 valence electrons. The number of anilines is 4. The Bertz CT molecular complexity index is 2440. The van der Waals surface area contributed by atoms with Gasteiger partial charge in [-0.15, -0.1) is 0 Å². The monoisotopic (exact) mass is 795 g/mol. The summed E-state index contributed by atoms with van der Waals surface area (Å²) in [5, 5.41) is 18.6. The van der Waals surface area contributed by atoms with Crippen molar-refractivity contribution in [3.63, 3.8) is 0 Å². The number of urea groups is 1. The van der Waals surface area contributed by atoms with Gasteiger partial charge in [0.2, 0.25) is 5.91 Å². The zero-order valence-corrected chi connectivity index (χ0v) is 34.0. The van der Waals surface area contributed by atoms with Crippen molar-refractivity contribution in [1.29, 1.82) is 0 Å². The second-order valence-electron chi connectivity index (χ2n) is 15.5. The van der Waals surface area contributed by atoms with E-state index in [1.807, 2.05) is 90.7 Å². The van der Waals surface area contributed by atoms with Crippen molar-refractivity contribution >= 4 is 51.8 Å². The number of hydrogen-bond donors (Lipinski definition) is 4. The maximum atomic E-state index is 13.5. The summed E-state index contributed by atoms with van der Waals surface area (Å²) >= 11 is 0. The number of amides is 4. The van der Waals surface area contributed by atoms with E-state index in [0.717, 1.165) is 46.4 Å². The van der Waals surface area contributed by atoms with Gasteiger partial charge in [0.15, 0.2) is 0 Å². The van der Waals surface area contributed by atoms with Gasteiger partial charge < -0.3 is 25.6 Å². The van der Waals surface area contributed by atoms with Crippen LogP contribution in [0.1, 0.15) is 55.0 Å². The van der Waals surface area contributed by atoms with Crippen LogP contribution in [0.2, 0.25) is 0 Å². The molecule has 0 saturated carbocycles. The third-order valence-electron chi connectivity index (χ3n) is 10.0. The lowest BCUT2D eigenvalue weighted by Gasteiger charge is -2.34. The molecule has 59 heavy (non-hydrogen) atoms. The molecule has 1 aliphatic heterocycles. The van der Waals surface area contributed by atoms with Crippen LogP contribution in [-0.2, 0) is 16.8 Å². The third-order valence-corrected chi connectivity index (χ3v) is 10.0. The highest BCUT2D eigenvalue weighted by molar-refractivity contribution is 6.07. The van der Waals surface area contributed by atoms with E-state index in [4.69, 9.17) is 9.84 Å². The van der Waals surface area contributed by atoms with E-state index in [9.17, 15) is 14.4 Å². The van der Waals surface area contributed by atoms with Gasteiger partial charge in [-0.2, -0.15) is 5.10 Å². The first-order valence-corrected chi connectivity index (χ1v) is 19.6. The van der Waals surface area contributed by atoms with Crippen LogP contribution in [0.3, 0.4) is 0 Å². The molecule has 3 aromatic heterocycles. The molecule has 4 amide bonds. The standard InChI is InChI=1S/C44H49N11O4/c1-29-10-12-32(13-11-29)55-41(25-38(52-55)44(3,4)5)51-43(58)49-35-14-15-37(34-9-7-6-8-33(34)35)59-28-31-16-17-45-39(24-31)50-40-27-47-36(26-48-40)42(57)46-18-19-53-20-22-54(23-21-53)30(2)56/h6-17,24-27H,18-23,28H2,1-5H3,(H,46,57)(H,45,48,50)(H2,49,51,58). The highest BCUT2D eigenvalue weighted by Gasteiger charge is 2.22. The predicted octanol–water partition coefficient (Wildman–Crippen LogP) is 6.68. The second kappa shape index (κ2) is 17.7. The minimum absolute atomic E-state index is 0.0907. The Morgan fingerprint density at radius 3 is 2.29 bits per heavy atom. The van der Waals surface area contributed by atoms with Crippen molar-refractivity contribution in [2.75, 3.05) is 55.2 Å². The SMILES string of the molecule is CC(=O)N1CCN(CCNC(=O)c2cnc(Nc3cc(COc4ccc(NC(=O)Nc5cc(C(C)(C)C)nn5-c5ccc(C)cc5)c5ccccc45)ccn3)cn2)CC1. The van der Waals surface area contributed by atoms with Crippen molar-refractivity contribution in [1.82, 2.24) is 39.8 Å². The molecular formula is C44H49N11O4. The number of aromatic nitrogens is 5. The number of rotatable bonds is 12. The number of nitrogens with zero attached hydrogens (tertiary/aromatic N) is 7. The number of pyridine rings is 1. The highest BCUT2D eigenvalue weighted by Crippen LogP contribution is 2.33. The van der Waals surface area contributed by atoms with Crippen LogP contribution >= 0.6 is 0 Å². The van der Waals surface area contributed by atoms with Crippen molar-refractivity contribution in [3.05, 3.63) is 120 Å². The average Bonchev–Trinajstić information content (AvgIpc) is 3.66. The Labute approximate surface area is 343 Å². The van der Waals surface area contributed by atoms with Crippen LogP contribution in [0, 0.1) is 6.92 Å². The summed E-state index contributed by atoms with van der Waals surface area (Å²) in [5.41, 5.74) is 4.31. The summed E-state index contributed by atoms with van der Waals surface area (Å²) < 4.78 is 8.07. The van der Waals surface area contributed by atoms with Gasteiger partial charge in [0.05, 0.1) is 29.5 Å². The van der Waals surface area contributed by atoms with E-state index in [1.54, 1.807) is 17.8 Å². The minimum Gasteiger partial charge on any atom is -0.488 e. The second-order valence-corrected chi connectivity index (χ2v) is 15.5. The van der Waals surface area contributed by atoms with Gasteiger partial charge in [0.25, 0.3) is 5.91 Å². The van der Waals surface area contributed by atoms with Gasteiger partial charge in [-0.05, 0) is 48.9 Å². The summed E-state index contributed by atoms with van der Waals surface area (Å²) in [5.74, 6) is 1.97. The quantitative estimate of drug-likeness (QED) is 0.105. The number of fused-ring (bicyclic) bond motifs is 1. The zero-order chi connectivity index (χ0) is 41.5. The molecule has 3 aromatic carbocycles. The Morgan fingerprint density at radius 1 is 0.814 bits per heavy atom. The normalized spacial score (nSPS) is 13.2. The Hall–Kier alpha value is -6.87. The fourth-order valence-corrected chi connectivity index (χ4v) is 6.63. The molecule has 1 aliphatic rings. The largest absolute Gasteiger partial charge is 0.488 e. The third kappa shape index (κ3) is 10.2. The lowest BCUT2D eigenvalue weighted by atomic mass is 9.92. The van der Waals surface area contributed by atoms with Crippen LogP contribution in [0.5, 0.6) is 5.75 Å². The summed E-state index contributed by atoms with van der Waals surface area (Å²) in [4.78, 5) is 54.8. The first-order chi connectivity index (χ1) is 28.4. The van der Waals surface area contributed by atoms with E-state index in [1.165, 1.54) is 12.4 Å². The number of carbonyl (C=O) groups is 3. The Morgan fingerprint density at radius 2 is 1.58 bits per heavy atom. The van der Waals surface area contributed by atoms with E-state index in [2.05, 4.69) is 61.9 Å². The molecular weight excluding hydrogens is 747 g/mol. The minimum atomic E-state index is -0.398. The molecule has 0 bridgehead atoms. The predicted molar refractivity (Wildman–Crippen MR) is 229 cm³/mol. The molecule has 4 N–H and O–H groups in total. The molecule has 0 radical (unpaired) electrons. The summed E-state index contributed by atoms with van der Waals surface area (Å²) in [6.45, 7) is 14.3. The van der Waals surface area contributed by atoms with E-state index < -0.39 is 6.03 Å². The molecule has 15 heteroatoms. The Kier molecular flexibility index (Phi) is 12.1. The first kappa shape index (κ1) is 40.3. The van der Waals surface area contributed by atoms with Gasteiger partial charge in [-0.1, -0.05) is 62.7 Å². The topological polar surface area (TPSA) is 172 Å². The number of nitrogens with one attached hydrogen (secondary N) is 4. The van der Waals surface area contributed by atoms with E-state index in [-0.39, 0.29) is 29.5 Å². The van der Waals surface area contributed by atoms with Crippen LogP contribution in [-0.4, -0.2) is 91.6 Å². The number of carbonyl (C=O) groups excluding carboxylic acids is 3. The highest BCUT2D eigenvalue weighted by atomic mass is 16.5. The number of piperazine rings is 1. The molecule has 1 fully saturated rings. The lowest BCUT2D eigenvalue weighted by Crippen LogP contribution is -2.49. The van der Waals surface area contributed by atoms with Crippen LogP contribution < -0.4 is 26.0 Å². The molecule has 0 spiro atoms. The fourth-order valence-electron chi connectivity index (χ4n) is 6.63. The van der Waals surface area contributed by atoms with Gasteiger partial charge in [0, 0.05) is 74.6 Å². The van der Waals surface area contributed by atoms with Gasteiger partial charge in [0.1, 0.15) is 35.5 Å². The number of aryl methyl sites for hydroxylation is 1.